The average Bonchev–Trinajstić information content (AvgIpc) is 2.75. The number of hydrogen-bond acceptors (Lipinski definition) is 8. The summed E-state index contributed by atoms with van der Waals surface area (Å²) in [7, 11) is 0. The number of carbonyl (C=O) groups excluding carboxylic acids is 2. The number of nitrogens with one attached hydrogen (secondary N) is 4. The van der Waals surface area contributed by atoms with Gasteiger partial charge < -0.3 is 30.7 Å². The molecule has 1 heterocycles. The van der Waals surface area contributed by atoms with Crippen molar-refractivity contribution < 1.29 is 23.5 Å². The molecule has 1 aromatic heterocycles. The lowest BCUT2D eigenvalue weighted by molar-refractivity contribution is 0.196. The number of benzene rings is 2. The molecule has 0 saturated heterocycles. The summed E-state index contributed by atoms with van der Waals surface area (Å²) >= 11 is 0. The molecular weight excluding hydrogens is 455 g/mol. The van der Waals surface area contributed by atoms with Crippen LogP contribution in [0.2, 0.25) is 0 Å². The molecule has 0 unspecified atom stereocenters. The fraction of sp³-hybridized carbons (Fsp3) is 0.250. The maximum Gasteiger partial charge on any atom is 0.412 e. The Morgan fingerprint density at radius 3 is 1.86 bits per heavy atom. The normalized spacial score (nSPS) is 10.6. The molecule has 2 amide bonds. The topological polar surface area (TPSA) is 127 Å². The van der Waals surface area contributed by atoms with Crippen LogP contribution < -0.4 is 30.7 Å². The zero-order valence-corrected chi connectivity index (χ0v) is 19.8. The summed E-state index contributed by atoms with van der Waals surface area (Å²) < 4.78 is 24.9. The van der Waals surface area contributed by atoms with Crippen LogP contribution in [0.25, 0.3) is 0 Å². The number of nitrogens with zero attached hydrogens (tertiary/aromatic N) is 2. The highest BCUT2D eigenvalue weighted by Gasteiger charge is 2.11. The molecule has 0 bridgehead atoms. The molecule has 11 heteroatoms. The van der Waals surface area contributed by atoms with Crippen LogP contribution in [0.4, 0.5) is 37.1 Å². The van der Waals surface area contributed by atoms with Crippen molar-refractivity contribution in [2.75, 3.05) is 10.6 Å². The van der Waals surface area contributed by atoms with E-state index < -0.39 is 18.0 Å². The Kier molecular flexibility index (Phi) is 8.38. The maximum absolute atomic E-state index is 14.4. The van der Waals surface area contributed by atoms with E-state index in [-0.39, 0.29) is 29.6 Å². The molecule has 184 valence electrons. The lowest BCUT2D eigenvalue weighted by atomic mass is 10.3. The van der Waals surface area contributed by atoms with Gasteiger partial charge >= 0.3 is 12.2 Å². The number of aromatic nitrogens is 2. The van der Waals surface area contributed by atoms with Gasteiger partial charge in [0.05, 0.1) is 6.20 Å². The van der Waals surface area contributed by atoms with Crippen molar-refractivity contribution in [3.8, 4) is 11.5 Å². The van der Waals surface area contributed by atoms with Gasteiger partial charge in [-0.1, -0.05) is 12.1 Å². The highest BCUT2D eigenvalue weighted by Crippen LogP contribution is 2.25. The summed E-state index contributed by atoms with van der Waals surface area (Å²) in [5, 5.41) is 11.1. The number of halogens is 1. The van der Waals surface area contributed by atoms with E-state index in [0.717, 1.165) is 6.20 Å². The van der Waals surface area contributed by atoms with Crippen LogP contribution in [0.15, 0.2) is 54.7 Å². The molecule has 3 rings (SSSR count). The maximum atomic E-state index is 14.4. The van der Waals surface area contributed by atoms with Crippen LogP contribution in [0.3, 0.4) is 0 Å². The van der Waals surface area contributed by atoms with Gasteiger partial charge in [-0.25, -0.2) is 19.0 Å². The molecule has 0 aliphatic carbocycles. The average molecular weight is 483 g/mol. The van der Waals surface area contributed by atoms with Gasteiger partial charge in [0.1, 0.15) is 11.5 Å². The van der Waals surface area contributed by atoms with E-state index in [9.17, 15) is 14.0 Å². The predicted octanol–water partition coefficient (Wildman–Crippen LogP) is 5.10. The van der Waals surface area contributed by atoms with Crippen LogP contribution in [0, 0.1) is 5.82 Å². The highest BCUT2D eigenvalue weighted by molar-refractivity contribution is 5.72. The van der Waals surface area contributed by atoms with E-state index >= 15 is 0 Å². The lowest BCUT2D eigenvalue weighted by Gasteiger charge is -2.12. The minimum atomic E-state index is -0.679. The van der Waals surface area contributed by atoms with E-state index in [1.54, 1.807) is 42.5 Å². The van der Waals surface area contributed by atoms with Gasteiger partial charge in [0.25, 0.3) is 0 Å². The Morgan fingerprint density at radius 2 is 1.34 bits per heavy atom. The zero-order valence-electron chi connectivity index (χ0n) is 19.8. The summed E-state index contributed by atoms with van der Waals surface area (Å²) in [6, 6.07) is 12.9. The third-order valence-corrected chi connectivity index (χ3v) is 4.17. The predicted molar refractivity (Wildman–Crippen MR) is 130 cm³/mol. The zero-order chi connectivity index (χ0) is 25.4. The van der Waals surface area contributed by atoms with Gasteiger partial charge in [0.2, 0.25) is 5.95 Å². The third kappa shape index (κ3) is 8.14. The molecule has 0 saturated carbocycles. The largest absolute Gasteiger partial charge is 0.412 e. The molecule has 0 spiro atoms. The van der Waals surface area contributed by atoms with Crippen LogP contribution in [0.5, 0.6) is 11.5 Å². The van der Waals surface area contributed by atoms with Gasteiger partial charge in [0.15, 0.2) is 11.6 Å². The second kappa shape index (κ2) is 11.6. The summed E-state index contributed by atoms with van der Waals surface area (Å²) in [6.07, 6.45) is -0.149. The number of amides is 2. The molecule has 35 heavy (non-hydrogen) atoms. The third-order valence-electron chi connectivity index (χ3n) is 4.17. The second-order valence-corrected chi connectivity index (χ2v) is 8.07. The van der Waals surface area contributed by atoms with Crippen molar-refractivity contribution in [3.63, 3.8) is 0 Å². The number of anilines is 4. The number of rotatable bonds is 8. The van der Waals surface area contributed by atoms with Crippen molar-refractivity contribution in [2.45, 2.75) is 39.8 Å². The summed E-state index contributed by atoms with van der Waals surface area (Å²) in [5.74, 6) is -0.0653. The number of ether oxygens (including phenoxy) is 2. The van der Waals surface area contributed by atoms with E-state index in [4.69, 9.17) is 9.47 Å². The van der Waals surface area contributed by atoms with E-state index in [2.05, 4.69) is 31.2 Å². The van der Waals surface area contributed by atoms with Crippen molar-refractivity contribution in [2.24, 2.45) is 0 Å². The Hall–Kier alpha value is -4.41. The van der Waals surface area contributed by atoms with Crippen molar-refractivity contribution in [3.05, 3.63) is 60.5 Å². The fourth-order valence-electron chi connectivity index (χ4n) is 2.80. The highest BCUT2D eigenvalue weighted by atomic mass is 19.1. The first-order valence-corrected chi connectivity index (χ1v) is 10.9. The minimum absolute atomic E-state index is 0.0632. The fourth-order valence-corrected chi connectivity index (χ4v) is 2.80. The second-order valence-electron chi connectivity index (χ2n) is 8.07. The van der Waals surface area contributed by atoms with Gasteiger partial charge in [0, 0.05) is 35.6 Å². The molecule has 0 aliphatic rings. The Balaban J connectivity index is 1.70. The standard InChI is InChI=1S/C24H27FN6O4/c1-14(2)27-23(32)34-18-9-5-7-16(11-18)29-21-20(25)13-26-22(31-21)30-17-8-6-10-19(12-17)35-24(33)28-15(3)4/h5-15H,1-4H3,(H,27,32)(H,28,33)(H2,26,29,30,31). The van der Waals surface area contributed by atoms with E-state index in [1.165, 1.54) is 6.07 Å². The molecule has 0 fully saturated rings. The number of hydrogen-bond donors (Lipinski definition) is 4. The van der Waals surface area contributed by atoms with Gasteiger partial charge in [-0.2, -0.15) is 4.98 Å². The van der Waals surface area contributed by atoms with Crippen LogP contribution >= 0.6 is 0 Å². The van der Waals surface area contributed by atoms with Crippen LogP contribution in [-0.4, -0.2) is 34.2 Å². The Labute approximate surface area is 202 Å². The summed E-state index contributed by atoms with van der Waals surface area (Å²) in [4.78, 5) is 31.8. The molecule has 0 aliphatic heterocycles. The monoisotopic (exact) mass is 482 g/mol. The summed E-state index contributed by atoms with van der Waals surface area (Å²) in [6.45, 7) is 7.28. The minimum Gasteiger partial charge on any atom is -0.410 e. The summed E-state index contributed by atoms with van der Waals surface area (Å²) in [5.41, 5.74) is 0.985. The lowest BCUT2D eigenvalue weighted by Crippen LogP contribution is -2.32. The first-order chi connectivity index (χ1) is 16.7. The van der Waals surface area contributed by atoms with Gasteiger partial charge in [-0.3, -0.25) is 0 Å². The van der Waals surface area contributed by atoms with Crippen molar-refractivity contribution in [1.29, 1.82) is 0 Å². The molecule has 2 aromatic carbocycles. The first kappa shape index (κ1) is 25.2. The Morgan fingerprint density at radius 1 is 0.829 bits per heavy atom. The first-order valence-electron chi connectivity index (χ1n) is 10.9. The van der Waals surface area contributed by atoms with Gasteiger partial charge in [-0.15, -0.1) is 0 Å². The number of carbonyl (C=O) groups is 2. The van der Waals surface area contributed by atoms with E-state index in [0.29, 0.717) is 17.1 Å². The smallest absolute Gasteiger partial charge is 0.410 e. The van der Waals surface area contributed by atoms with Crippen molar-refractivity contribution >= 4 is 35.3 Å². The molecular formula is C24H27FN6O4. The molecule has 0 radical (unpaired) electrons. The quantitative estimate of drug-likeness (QED) is 0.349. The molecule has 4 N–H and O–H groups in total. The van der Waals surface area contributed by atoms with E-state index in [1.807, 2.05) is 27.7 Å². The molecule has 3 aromatic rings. The van der Waals surface area contributed by atoms with Crippen molar-refractivity contribution in [1.82, 2.24) is 20.6 Å². The van der Waals surface area contributed by atoms with Crippen LogP contribution in [0.1, 0.15) is 27.7 Å². The molecule has 0 atom stereocenters. The van der Waals surface area contributed by atoms with Crippen LogP contribution in [-0.2, 0) is 0 Å². The Bertz CT molecular complexity index is 1190. The van der Waals surface area contributed by atoms with Gasteiger partial charge in [-0.05, 0) is 52.0 Å². The SMILES string of the molecule is CC(C)NC(=O)Oc1cccc(Nc2ncc(F)c(Nc3cccc(OC(=O)NC(C)C)c3)n2)c1. The molecule has 10 nitrogen and oxygen atoms in total.